The summed E-state index contributed by atoms with van der Waals surface area (Å²) in [6, 6.07) is 6.51. The third-order valence-corrected chi connectivity index (χ3v) is 2.30. The Morgan fingerprint density at radius 2 is 2.07 bits per heavy atom. The Balaban J connectivity index is 2.19. The average molecular weight is 205 g/mol. The molecule has 0 spiro atoms. The first-order valence-corrected chi connectivity index (χ1v) is 4.78. The van der Waals surface area contributed by atoms with Crippen LogP contribution >= 0.6 is 0 Å². The number of rotatable bonds is 2. The fraction of sp³-hybridized carbons (Fsp3) is 0.300. The molecular weight excluding hydrogens is 194 g/mol. The molecule has 1 aliphatic rings. The number of nitro benzene ring substituents is 1. The molecule has 1 aromatic carbocycles. The Kier molecular flexibility index (Phi) is 2.62. The van der Waals surface area contributed by atoms with Crippen LogP contribution in [0.1, 0.15) is 6.42 Å². The minimum atomic E-state index is -0.395. The summed E-state index contributed by atoms with van der Waals surface area (Å²) >= 11 is 0. The number of aliphatic imine (C=N–C) groups is 1. The quantitative estimate of drug-likeness (QED) is 0.546. The maximum absolute atomic E-state index is 10.5. The van der Waals surface area contributed by atoms with Crippen LogP contribution in [-0.2, 0) is 0 Å². The van der Waals surface area contributed by atoms with Crippen molar-refractivity contribution >= 4 is 17.7 Å². The monoisotopic (exact) mass is 205 g/mol. The third-order valence-electron chi connectivity index (χ3n) is 2.30. The lowest BCUT2D eigenvalue weighted by atomic mass is 10.2. The van der Waals surface area contributed by atoms with Gasteiger partial charge in [0.05, 0.1) is 11.3 Å². The van der Waals surface area contributed by atoms with E-state index in [1.807, 2.05) is 4.90 Å². The van der Waals surface area contributed by atoms with Gasteiger partial charge < -0.3 is 4.90 Å². The van der Waals surface area contributed by atoms with E-state index in [2.05, 4.69) is 4.99 Å². The van der Waals surface area contributed by atoms with E-state index in [4.69, 9.17) is 0 Å². The summed E-state index contributed by atoms with van der Waals surface area (Å²) in [6.07, 6.45) is 2.80. The molecule has 0 radical (unpaired) electrons. The lowest BCUT2D eigenvalue weighted by Gasteiger charge is -2.22. The van der Waals surface area contributed by atoms with Crippen molar-refractivity contribution in [3.8, 4) is 0 Å². The number of non-ortho nitro benzene ring substituents is 1. The lowest BCUT2D eigenvalue weighted by Crippen LogP contribution is -2.26. The molecule has 0 bridgehead atoms. The Morgan fingerprint density at radius 3 is 2.60 bits per heavy atom. The second kappa shape index (κ2) is 4.08. The van der Waals surface area contributed by atoms with Crippen molar-refractivity contribution in [3.63, 3.8) is 0 Å². The molecule has 0 aromatic heterocycles. The number of benzene rings is 1. The molecule has 5 nitrogen and oxygen atoms in total. The van der Waals surface area contributed by atoms with E-state index in [1.54, 1.807) is 18.5 Å². The van der Waals surface area contributed by atoms with Gasteiger partial charge in [-0.3, -0.25) is 15.1 Å². The molecule has 0 aliphatic carbocycles. The summed E-state index contributed by atoms with van der Waals surface area (Å²) < 4.78 is 0. The van der Waals surface area contributed by atoms with Crippen LogP contribution in [0.15, 0.2) is 29.3 Å². The SMILES string of the molecule is O=[N+]([O-])c1ccc(N2C=NCCC2)cc1. The van der Waals surface area contributed by atoms with Crippen molar-refractivity contribution in [1.82, 2.24) is 0 Å². The van der Waals surface area contributed by atoms with Crippen molar-refractivity contribution < 1.29 is 4.92 Å². The highest BCUT2D eigenvalue weighted by atomic mass is 16.6. The first-order chi connectivity index (χ1) is 7.27. The zero-order valence-electron chi connectivity index (χ0n) is 8.17. The molecule has 1 heterocycles. The molecule has 15 heavy (non-hydrogen) atoms. The average Bonchev–Trinajstić information content (AvgIpc) is 2.30. The molecule has 0 saturated carbocycles. The van der Waals surface area contributed by atoms with Crippen LogP contribution in [0.4, 0.5) is 11.4 Å². The number of hydrogen-bond donors (Lipinski definition) is 0. The lowest BCUT2D eigenvalue weighted by molar-refractivity contribution is -0.384. The van der Waals surface area contributed by atoms with Gasteiger partial charge in [0.2, 0.25) is 0 Å². The Morgan fingerprint density at radius 1 is 1.33 bits per heavy atom. The number of hydrogen-bond acceptors (Lipinski definition) is 4. The van der Waals surface area contributed by atoms with E-state index in [0.717, 1.165) is 25.2 Å². The van der Waals surface area contributed by atoms with Crippen LogP contribution in [0.2, 0.25) is 0 Å². The molecule has 2 rings (SSSR count). The Bertz CT molecular complexity index is 386. The zero-order valence-corrected chi connectivity index (χ0v) is 8.17. The summed E-state index contributed by atoms with van der Waals surface area (Å²) in [6.45, 7) is 1.78. The first-order valence-electron chi connectivity index (χ1n) is 4.78. The van der Waals surface area contributed by atoms with Gasteiger partial charge >= 0.3 is 0 Å². The molecule has 78 valence electrons. The minimum Gasteiger partial charge on any atom is -0.333 e. The predicted octanol–water partition coefficient (Wildman–Crippen LogP) is 1.83. The standard InChI is InChI=1S/C10H11N3O2/c14-13(15)10-4-2-9(3-5-10)12-7-1-6-11-8-12/h2-5,8H,1,6-7H2. The van der Waals surface area contributed by atoms with Gasteiger partial charge in [0, 0.05) is 30.9 Å². The molecule has 0 atom stereocenters. The van der Waals surface area contributed by atoms with Crippen molar-refractivity contribution in [3.05, 3.63) is 34.4 Å². The molecule has 0 saturated heterocycles. The summed E-state index contributed by atoms with van der Waals surface area (Å²) in [5.74, 6) is 0. The molecule has 0 amide bonds. The third kappa shape index (κ3) is 2.12. The van der Waals surface area contributed by atoms with Crippen molar-refractivity contribution in [2.45, 2.75) is 6.42 Å². The van der Waals surface area contributed by atoms with Crippen LogP contribution in [-0.4, -0.2) is 24.4 Å². The molecule has 0 unspecified atom stereocenters. The van der Waals surface area contributed by atoms with Gasteiger partial charge in [-0.05, 0) is 18.6 Å². The molecule has 0 N–H and O–H groups in total. The zero-order chi connectivity index (χ0) is 10.7. The van der Waals surface area contributed by atoms with Gasteiger partial charge in [0.1, 0.15) is 0 Å². The van der Waals surface area contributed by atoms with Crippen molar-refractivity contribution in [2.75, 3.05) is 18.0 Å². The molecule has 1 aromatic rings. The summed E-state index contributed by atoms with van der Waals surface area (Å²) in [5, 5.41) is 10.5. The highest BCUT2D eigenvalue weighted by molar-refractivity contribution is 5.79. The van der Waals surface area contributed by atoms with Crippen LogP contribution < -0.4 is 4.90 Å². The first kappa shape index (κ1) is 9.64. The number of anilines is 1. The van der Waals surface area contributed by atoms with E-state index in [1.165, 1.54) is 12.1 Å². The van der Waals surface area contributed by atoms with E-state index in [9.17, 15) is 10.1 Å². The normalized spacial score (nSPS) is 15.3. The number of nitrogens with zero attached hydrogens (tertiary/aromatic N) is 3. The van der Waals surface area contributed by atoms with Gasteiger partial charge in [-0.1, -0.05) is 0 Å². The van der Waals surface area contributed by atoms with E-state index >= 15 is 0 Å². The summed E-state index contributed by atoms with van der Waals surface area (Å²) in [7, 11) is 0. The molecule has 5 heteroatoms. The topological polar surface area (TPSA) is 58.7 Å². The van der Waals surface area contributed by atoms with Crippen LogP contribution in [0.5, 0.6) is 0 Å². The van der Waals surface area contributed by atoms with E-state index in [-0.39, 0.29) is 5.69 Å². The second-order valence-corrected chi connectivity index (χ2v) is 3.34. The van der Waals surface area contributed by atoms with E-state index in [0.29, 0.717) is 0 Å². The number of nitro groups is 1. The Labute approximate surface area is 87.2 Å². The van der Waals surface area contributed by atoms with Crippen LogP contribution in [0, 0.1) is 10.1 Å². The van der Waals surface area contributed by atoms with Crippen LogP contribution in [0.3, 0.4) is 0 Å². The van der Waals surface area contributed by atoms with E-state index < -0.39 is 4.92 Å². The van der Waals surface area contributed by atoms with Gasteiger partial charge in [-0.25, -0.2) is 0 Å². The fourth-order valence-electron chi connectivity index (χ4n) is 1.51. The van der Waals surface area contributed by atoms with Gasteiger partial charge in [-0.15, -0.1) is 0 Å². The molecule has 1 aliphatic heterocycles. The second-order valence-electron chi connectivity index (χ2n) is 3.34. The van der Waals surface area contributed by atoms with Crippen molar-refractivity contribution in [2.24, 2.45) is 4.99 Å². The maximum Gasteiger partial charge on any atom is 0.269 e. The molecular formula is C10H11N3O2. The predicted molar refractivity (Wildman–Crippen MR) is 58.4 cm³/mol. The largest absolute Gasteiger partial charge is 0.333 e. The summed E-state index contributed by atoms with van der Waals surface area (Å²) in [4.78, 5) is 16.2. The smallest absolute Gasteiger partial charge is 0.269 e. The van der Waals surface area contributed by atoms with Crippen molar-refractivity contribution in [1.29, 1.82) is 0 Å². The highest BCUT2D eigenvalue weighted by Gasteiger charge is 2.09. The highest BCUT2D eigenvalue weighted by Crippen LogP contribution is 2.19. The summed E-state index contributed by atoms with van der Waals surface area (Å²) in [5.41, 5.74) is 1.07. The maximum atomic E-state index is 10.5. The van der Waals surface area contributed by atoms with Gasteiger partial charge in [-0.2, -0.15) is 0 Å². The van der Waals surface area contributed by atoms with Gasteiger partial charge in [0.15, 0.2) is 0 Å². The van der Waals surface area contributed by atoms with Crippen LogP contribution in [0.25, 0.3) is 0 Å². The minimum absolute atomic E-state index is 0.118. The Hall–Kier alpha value is -1.91. The van der Waals surface area contributed by atoms with Gasteiger partial charge in [0.25, 0.3) is 5.69 Å². The molecule has 0 fully saturated rings. The fourth-order valence-corrected chi connectivity index (χ4v) is 1.51.